The number of hydrogen-bond acceptors (Lipinski definition) is 1. The Labute approximate surface area is 95.8 Å². The third-order valence-corrected chi connectivity index (χ3v) is 2.72. The van der Waals surface area contributed by atoms with Gasteiger partial charge in [0.1, 0.15) is 5.82 Å². The highest BCUT2D eigenvalue weighted by Gasteiger charge is 2.06. The van der Waals surface area contributed by atoms with Gasteiger partial charge in [0.05, 0.1) is 0 Å². The van der Waals surface area contributed by atoms with Crippen molar-refractivity contribution in [2.45, 2.75) is 20.4 Å². The van der Waals surface area contributed by atoms with Gasteiger partial charge in [-0.25, -0.2) is 4.39 Å². The summed E-state index contributed by atoms with van der Waals surface area (Å²) < 4.78 is 13.0. The summed E-state index contributed by atoms with van der Waals surface area (Å²) in [6, 6.07) is 4.92. The average molecular weight is 230 g/mol. The molecule has 0 saturated carbocycles. The number of nitrogens with zero attached hydrogens (tertiary/aromatic N) is 1. The maximum absolute atomic E-state index is 13.0. The minimum absolute atomic E-state index is 0.169. The summed E-state index contributed by atoms with van der Waals surface area (Å²) >= 11 is 5.70. The first-order valence-corrected chi connectivity index (χ1v) is 5.74. The van der Waals surface area contributed by atoms with E-state index in [0.29, 0.717) is 5.88 Å². The second-order valence-electron chi connectivity index (χ2n) is 3.63. The first-order valence-electron chi connectivity index (χ1n) is 5.20. The topological polar surface area (TPSA) is 3.24 Å². The van der Waals surface area contributed by atoms with Crippen LogP contribution in [0, 0.1) is 12.7 Å². The van der Waals surface area contributed by atoms with Crippen LogP contribution < -0.4 is 0 Å². The minimum atomic E-state index is -0.169. The van der Waals surface area contributed by atoms with Gasteiger partial charge in [0.2, 0.25) is 0 Å². The Balaban J connectivity index is 2.73. The highest BCUT2D eigenvalue weighted by molar-refractivity contribution is 6.18. The highest BCUT2D eigenvalue weighted by Crippen LogP contribution is 2.12. The fraction of sp³-hybridized carbons (Fsp3) is 0.500. The SMILES string of the molecule is CCN(CCCl)Cc1cc(F)ccc1C. The van der Waals surface area contributed by atoms with Crippen LogP contribution in [0.15, 0.2) is 18.2 Å². The Bertz CT molecular complexity index is 314. The van der Waals surface area contributed by atoms with Gasteiger partial charge in [-0.05, 0) is 36.7 Å². The lowest BCUT2D eigenvalue weighted by Gasteiger charge is -2.20. The zero-order chi connectivity index (χ0) is 11.3. The van der Waals surface area contributed by atoms with Crippen LogP contribution in [-0.2, 0) is 6.54 Å². The number of rotatable bonds is 5. The lowest BCUT2D eigenvalue weighted by molar-refractivity contribution is 0.296. The van der Waals surface area contributed by atoms with E-state index in [1.54, 1.807) is 6.07 Å². The van der Waals surface area contributed by atoms with Gasteiger partial charge in [0, 0.05) is 19.0 Å². The summed E-state index contributed by atoms with van der Waals surface area (Å²) in [4.78, 5) is 2.20. The van der Waals surface area contributed by atoms with Gasteiger partial charge in [-0.2, -0.15) is 0 Å². The van der Waals surface area contributed by atoms with Crippen molar-refractivity contribution in [2.24, 2.45) is 0 Å². The van der Waals surface area contributed by atoms with Crippen LogP contribution in [0.4, 0.5) is 4.39 Å². The van der Waals surface area contributed by atoms with Crippen molar-refractivity contribution in [1.29, 1.82) is 0 Å². The molecule has 1 nitrogen and oxygen atoms in total. The van der Waals surface area contributed by atoms with E-state index in [-0.39, 0.29) is 5.82 Å². The molecule has 0 amide bonds. The normalized spacial score (nSPS) is 11.0. The molecule has 0 aliphatic rings. The van der Waals surface area contributed by atoms with Crippen molar-refractivity contribution >= 4 is 11.6 Å². The second-order valence-corrected chi connectivity index (χ2v) is 4.01. The third kappa shape index (κ3) is 3.80. The average Bonchev–Trinajstić information content (AvgIpc) is 2.22. The van der Waals surface area contributed by atoms with E-state index in [0.717, 1.165) is 30.8 Å². The van der Waals surface area contributed by atoms with Crippen molar-refractivity contribution in [3.63, 3.8) is 0 Å². The fourth-order valence-electron chi connectivity index (χ4n) is 1.52. The summed E-state index contributed by atoms with van der Waals surface area (Å²) in [7, 11) is 0. The molecule has 0 saturated heterocycles. The molecule has 0 aliphatic carbocycles. The summed E-state index contributed by atoms with van der Waals surface area (Å²) in [6.07, 6.45) is 0. The molecule has 0 aromatic heterocycles. The molecule has 0 N–H and O–H groups in total. The minimum Gasteiger partial charge on any atom is -0.298 e. The molecule has 0 heterocycles. The predicted molar refractivity (Wildman–Crippen MR) is 62.8 cm³/mol. The van der Waals surface area contributed by atoms with Crippen LogP contribution in [0.1, 0.15) is 18.1 Å². The van der Waals surface area contributed by atoms with E-state index >= 15 is 0 Å². The maximum atomic E-state index is 13.0. The molecule has 1 rings (SSSR count). The molecule has 0 unspecified atom stereocenters. The van der Waals surface area contributed by atoms with Crippen molar-refractivity contribution in [1.82, 2.24) is 4.90 Å². The van der Waals surface area contributed by atoms with E-state index in [4.69, 9.17) is 11.6 Å². The van der Waals surface area contributed by atoms with Gasteiger partial charge in [-0.1, -0.05) is 13.0 Å². The van der Waals surface area contributed by atoms with Gasteiger partial charge in [-0.3, -0.25) is 4.90 Å². The number of benzene rings is 1. The lowest BCUT2D eigenvalue weighted by Crippen LogP contribution is -2.25. The molecule has 0 atom stereocenters. The van der Waals surface area contributed by atoms with Gasteiger partial charge in [0.15, 0.2) is 0 Å². The van der Waals surface area contributed by atoms with Crippen molar-refractivity contribution in [3.05, 3.63) is 35.1 Å². The van der Waals surface area contributed by atoms with Crippen LogP contribution in [0.2, 0.25) is 0 Å². The third-order valence-electron chi connectivity index (χ3n) is 2.55. The van der Waals surface area contributed by atoms with E-state index in [9.17, 15) is 4.39 Å². The molecule has 1 aromatic carbocycles. The van der Waals surface area contributed by atoms with Crippen LogP contribution >= 0.6 is 11.6 Å². The molecule has 0 bridgehead atoms. The molecule has 0 radical (unpaired) electrons. The molecule has 0 aliphatic heterocycles. The van der Waals surface area contributed by atoms with Gasteiger partial charge < -0.3 is 0 Å². The van der Waals surface area contributed by atoms with Gasteiger partial charge in [0.25, 0.3) is 0 Å². The Morgan fingerprint density at radius 2 is 2.13 bits per heavy atom. The molecule has 3 heteroatoms. The first kappa shape index (κ1) is 12.5. The Morgan fingerprint density at radius 3 is 2.73 bits per heavy atom. The van der Waals surface area contributed by atoms with Crippen LogP contribution in [0.25, 0.3) is 0 Å². The van der Waals surface area contributed by atoms with E-state index < -0.39 is 0 Å². The van der Waals surface area contributed by atoms with Gasteiger partial charge >= 0.3 is 0 Å². The first-order chi connectivity index (χ1) is 7.17. The van der Waals surface area contributed by atoms with Crippen molar-refractivity contribution in [3.8, 4) is 0 Å². The maximum Gasteiger partial charge on any atom is 0.123 e. The van der Waals surface area contributed by atoms with Crippen LogP contribution in [0.3, 0.4) is 0 Å². The number of aryl methyl sites for hydroxylation is 1. The zero-order valence-electron chi connectivity index (χ0n) is 9.26. The van der Waals surface area contributed by atoms with Crippen molar-refractivity contribution < 1.29 is 4.39 Å². The summed E-state index contributed by atoms with van der Waals surface area (Å²) in [5.41, 5.74) is 2.17. The molecular weight excluding hydrogens is 213 g/mol. The van der Waals surface area contributed by atoms with Crippen molar-refractivity contribution in [2.75, 3.05) is 19.0 Å². The summed E-state index contributed by atoms with van der Waals surface area (Å²) in [5, 5.41) is 0. The number of halogens is 2. The quantitative estimate of drug-likeness (QED) is 0.701. The summed E-state index contributed by atoms with van der Waals surface area (Å²) in [6.45, 7) is 6.63. The van der Waals surface area contributed by atoms with E-state index in [1.807, 2.05) is 13.0 Å². The molecular formula is C12H17ClFN. The smallest absolute Gasteiger partial charge is 0.123 e. The highest BCUT2D eigenvalue weighted by atomic mass is 35.5. The van der Waals surface area contributed by atoms with Crippen LogP contribution in [-0.4, -0.2) is 23.9 Å². The van der Waals surface area contributed by atoms with E-state index in [1.165, 1.54) is 6.07 Å². The summed E-state index contributed by atoms with van der Waals surface area (Å²) in [5.74, 6) is 0.444. The zero-order valence-corrected chi connectivity index (χ0v) is 10.0. The second kappa shape index (κ2) is 6.09. The lowest BCUT2D eigenvalue weighted by atomic mass is 10.1. The van der Waals surface area contributed by atoms with Crippen LogP contribution in [0.5, 0.6) is 0 Å². The van der Waals surface area contributed by atoms with E-state index in [2.05, 4.69) is 11.8 Å². The number of alkyl halides is 1. The Kier molecular flexibility index (Phi) is 5.06. The molecule has 1 aromatic rings. The standard InChI is InChI=1S/C12H17ClFN/c1-3-15(7-6-13)9-11-8-12(14)5-4-10(11)2/h4-5,8H,3,6-7,9H2,1-2H3. The number of hydrogen-bond donors (Lipinski definition) is 0. The predicted octanol–water partition coefficient (Wildman–Crippen LogP) is 3.19. The largest absolute Gasteiger partial charge is 0.298 e. The molecule has 0 spiro atoms. The monoisotopic (exact) mass is 229 g/mol. The van der Waals surface area contributed by atoms with Gasteiger partial charge in [-0.15, -0.1) is 11.6 Å². The fourth-order valence-corrected chi connectivity index (χ4v) is 1.76. The molecule has 84 valence electrons. The Hall–Kier alpha value is -0.600. The molecule has 15 heavy (non-hydrogen) atoms. The molecule has 0 fully saturated rings. The Morgan fingerprint density at radius 1 is 1.40 bits per heavy atom.